The van der Waals surface area contributed by atoms with Gasteiger partial charge in [-0.05, 0) is 6.42 Å². The maximum Gasteiger partial charge on any atom is 0.257 e. The minimum absolute atomic E-state index is 0.0713. The van der Waals surface area contributed by atoms with Gasteiger partial charge >= 0.3 is 0 Å². The van der Waals surface area contributed by atoms with Crippen LogP contribution < -0.4 is 4.90 Å². The number of carbonyl (C=O) groups is 1. The van der Waals surface area contributed by atoms with Crippen LogP contribution in [0.4, 0.5) is 5.95 Å². The van der Waals surface area contributed by atoms with Crippen LogP contribution in [0.3, 0.4) is 0 Å². The molecule has 0 bridgehead atoms. The van der Waals surface area contributed by atoms with Gasteiger partial charge in [-0.2, -0.15) is 0 Å². The van der Waals surface area contributed by atoms with E-state index < -0.39 is 0 Å². The second-order valence-electron chi connectivity index (χ2n) is 5.21. The Morgan fingerprint density at radius 1 is 1.35 bits per heavy atom. The first-order valence-electron chi connectivity index (χ1n) is 7.27. The summed E-state index contributed by atoms with van der Waals surface area (Å²) >= 11 is 0. The molecule has 0 radical (unpaired) electrons. The van der Waals surface area contributed by atoms with Crippen molar-refractivity contribution in [2.45, 2.75) is 26.3 Å². The molecule has 0 aromatic carbocycles. The molecule has 1 aromatic rings. The number of hydrogen-bond acceptors (Lipinski definition) is 5. The number of aromatic nitrogens is 2. The van der Waals surface area contributed by atoms with Crippen molar-refractivity contribution in [1.29, 1.82) is 0 Å². The van der Waals surface area contributed by atoms with Crippen LogP contribution in [-0.2, 0) is 11.3 Å². The average Bonchev–Trinajstić information content (AvgIpc) is 2.82. The molecule has 0 unspecified atom stereocenters. The van der Waals surface area contributed by atoms with Crippen LogP contribution in [0.1, 0.15) is 35.8 Å². The normalized spacial score (nSPS) is 18.6. The van der Waals surface area contributed by atoms with Crippen LogP contribution in [0.5, 0.6) is 0 Å². The fraction of sp³-hybridized carbons (Fsp3) is 0.643. The minimum Gasteiger partial charge on any atom is -0.378 e. The van der Waals surface area contributed by atoms with Gasteiger partial charge in [0.05, 0.1) is 31.0 Å². The SMILES string of the molecule is CCCCN1Cc2nc(N3CCOCC3)ncc2C1=O. The number of anilines is 1. The van der Waals surface area contributed by atoms with Crippen LogP contribution in [0.2, 0.25) is 0 Å². The van der Waals surface area contributed by atoms with Crippen LogP contribution in [0.15, 0.2) is 6.20 Å². The van der Waals surface area contributed by atoms with Gasteiger partial charge in [-0.15, -0.1) is 0 Å². The number of carbonyl (C=O) groups excluding carboxylic acids is 1. The van der Waals surface area contributed by atoms with Gasteiger partial charge in [0.25, 0.3) is 5.91 Å². The molecule has 0 saturated carbocycles. The van der Waals surface area contributed by atoms with Crippen molar-refractivity contribution in [3.63, 3.8) is 0 Å². The molecule has 3 heterocycles. The Bertz CT molecular complexity index is 500. The zero-order valence-electron chi connectivity index (χ0n) is 11.8. The van der Waals surface area contributed by atoms with Gasteiger partial charge in [0.2, 0.25) is 5.95 Å². The van der Waals surface area contributed by atoms with E-state index >= 15 is 0 Å². The Balaban J connectivity index is 1.76. The third-order valence-electron chi connectivity index (χ3n) is 3.79. The monoisotopic (exact) mass is 276 g/mol. The number of unbranched alkanes of at least 4 members (excludes halogenated alkanes) is 1. The fourth-order valence-corrected chi connectivity index (χ4v) is 2.57. The molecule has 0 spiro atoms. The lowest BCUT2D eigenvalue weighted by Gasteiger charge is -2.26. The van der Waals surface area contributed by atoms with Gasteiger partial charge in [-0.3, -0.25) is 4.79 Å². The van der Waals surface area contributed by atoms with E-state index in [1.165, 1.54) is 0 Å². The molecular formula is C14H20N4O2. The Labute approximate surface area is 118 Å². The summed E-state index contributed by atoms with van der Waals surface area (Å²) in [6.45, 7) is 6.60. The summed E-state index contributed by atoms with van der Waals surface area (Å²) in [7, 11) is 0. The molecule has 0 aliphatic carbocycles. The topological polar surface area (TPSA) is 58.6 Å². The second kappa shape index (κ2) is 5.75. The maximum absolute atomic E-state index is 12.2. The summed E-state index contributed by atoms with van der Waals surface area (Å²) in [5, 5.41) is 0. The van der Waals surface area contributed by atoms with Crippen LogP contribution in [0, 0.1) is 0 Å². The van der Waals surface area contributed by atoms with E-state index in [1.54, 1.807) is 6.20 Å². The van der Waals surface area contributed by atoms with E-state index in [-0.39, 0.29) is 5.91 Å². The Morgan fingerprint density at radius 3 is 2.90 bits per heavy atom. The first kappa shape index (κ1) is 13.3. The van der Waals surface area contributed by atoms with Crippen molar-refractivity contribution in [3.05, 3.63) is 17.5 Å². The molecule has 6 nitrogen and oxygen atoms in total. The zero-order valence-corrected chi connectivity index (χ0v) is 11.8. The zero-order chi connectivity index (χ0) is 13.9. The predicted octanol–water partition coefficient (Wildman–Crippen LogP) is 1.07. The average molecular weight is 276 g/mol. The number of fused-ring (bicyclic) bond motifs is 1. The summed E-state index contributed by atoms with van der Waals surface area (Å²) in [5.41, 5.74) is 1.53. The number of ether oxygens (including phenoxy) is 1. The highest BCUT2D eigenvalue weighted by molar-refractivity contribution is 5.97. The number of amides is 1. The molecule has 1 amide bonds. The first-order chi connectivity index (χ1) is 9.79. The fourth-order valence-electron chi connectivity index (χ4n) is 2.57. The van der Waals surface area contributed by atoms with Crippen molar-refractivity contribution < 1.29 is 9.53 Å². The standard InChI is InChI=1S/C14H20N4O2/c1-2-3-4-18-10-12-11(13(18)19)9-15-14(16-12)17-5-7-20-8-6-17/h9H,2-8,10H2,1H3. The molecule has 1 aromatic heterocycles. The second-order valence-corrected chi connectivity index (χ2v) is 5.21. The largest absolute Gasteiger partial charge is 0.378 e. The molecule has 3 rings (SSSR count). The first-order valence-corrected chi connectivity index (χ1v) is 7.27. The summed E-state index contributed by atoms with van der Waals surface area (Å²) in [4.78, 5) is 25.1. The lowest BCUT2D eigenvalue weighted by Crippen LogP contribution is -2.37. The molecule has 6 heteroatoms. The minimum atomic E-state index is 0.0713. The van der Waals surface area contributed by atoms with Gasteiger partial charge < -0.3 is 14.5 Å². The van der Waals surface area contributed by atoms with Crippen molar-refractivity contribution in [2.24, 2.45) is 0 Å². The van der Waals surface area contributed by atoms with E-state index in [0.717, 1.165) is 44.1 Å². The Morgan fingerprint density at radius 2 is 2.15 bits per heavy atom. The van der Waals surface area contributed by atoms with Crippen molar-refractivity contribution in [1.82, 2.24) is 14.9 Å². The molecule has 1 fully saturated rings. The van der Waals surface area contributed by atoms with E-state index in [2.05, 4.69) is 21.8 Å². The van der Waals surface area contributed by atoms with Crippen molar-refractivity contribution in [3.8, 4) is 0 Å². The van der Waals surface area contributed by atoms with Gasteiger partial charge in [-0.1, -0.05) is 13.3 Å². The summed E-state index contributed by atoms with van der Waals surface area (Å²) in [6, 6.07) is 0. The summed E-state index contributed by atoms with van der Waals surface area (Å²) in [6.07, 6.45) is 3.80. The molecular weight excluding hydrogens is 256 g/mol. The smallest absolute Gasteiger partial charge is 0.257 e. The lowest BCUT2D eigenvalue weighted by atomic mass is 10.3. The summed E-state index contributed by atoms with van der Waals surface area (Å²) < 4.78 is 5.33. The molecule has 0 N–H and O–H groups in total. The Kier molecular flexibility index (Phi) is 3.82. The van der Waals surface area contributed by atoms with Crippen LogP contribution in [-0.4, -0.2) is 53.6 Å². The summed E-state index contributed by atoms with van der Waals surface area (Å²) in [5.74, 6) is 0.791. The van der Waals surface area contributed by atoms with E-state index in [9.17, 15) is 4.79 Å². The highest BCUT2D eigenvalue weighted by Gasteiger charge is 2.29. The molecule has 2 aliphatic rings. The number of rotatable bonds is 4. The lowest BCUT2D eigenvalue weighted by molar-refractivity contribution is 0.0776. The molecule has 108 valence electrons. The van der Waals surface area contributed by atoms with Gasteiger partial charge in [0.15, 0.2) is 0 Å². The molecule has 0 atom stereocenters. The molecule has 2 aliphatic heterocycles. The highest BCUT2D eigenvalue weighted by atomic mass is 16.5. The third kappa shape index (κ3) is 2.47. The predicted molar refractivity (Wildman–Crippen MR) is 74.7 cm³/mol. The molecule has 1 saturated heterocycles. The number of morpholine rings is 1. The number of hydrogen-bond donors (Lipinski definition) is 0. The van der Waals surface area contributed by atoms with Gasteiger partial charge in [0.1, 0.15) is 0 Å². The quantitative estimate of drug-likeness (QED) is 0.823. The van der Waals surface area contributed by atoms with E-state index in [0.29, 0.717) is 25.3 Å². The molecule has 20 heavy (non-hydrogen) atoms. The number of nitrogens with zero attached hydrogens (tertiary/aromatic N) is 4. The van der Waals surface area contributed by atoms with Gasteiger partial charge in [-0.25, -0.2) is 9.97 Å². The Hall–Kier alpha value is -1.69. The van der Waals surface area contributed by atoms with Crippen LogP contribution >= 0.6 is 0 Å². The highest BCUT2D eigenvalue weighted by Crippen LogP contribution is 2.23. The van der Waals surface area contributed by atoms with E-state index in [1.807, 2.05) is 4.90 Å². The van der Waals surface area contributed by atoms with Crippen molar-refractivity contribution >= 4 is 11.9 Å². The van der Waals surface area contributed by atoms with Crippen LogP contribution in [0.25, 0.3) is 0 Å². The van der Waals surface area contributed by atoms with Gasteiger partial charge in [0, 0.05) is 25.8 Å². The maximum atomic E-state index is 12.2. The van der Waals surface area contributed by atoms with Crippen molar-refractivity contribution in [2.75, 3.05) is 37.7 Å². The third-order valence-corrected chi connectivity index (χ3v) is 3.79. The van der Waals surface area contributed by atoms with E-state index in [4.69, 9.17) is 4.74 Å².